The molecule has 2 unspecified atom stereocenters. The van der Waals surface area contributed by atoms with Gasteiger partial charge >= 0.3 is 0 Å². The van der Waals surface area contributed by atoms with E-state index in [4.69, 9.17) is 17.3 Å². The summed E-state index contributed by atoms with van der Waals surface area (Å²) in [4.78, 5) is 4.67. The van der Waals surface area contributed by atoms with Crippen LogP contribution >= 0.6 is 11.6 Å². The summed E-state index contributed by atoms with van der Waals surface area (Å²) in [5, 5.41) is 10.4. The van der Waals surface area contributed by atoms with Crippen molar-refractivity contribution >= 4 is 17.4 Å². The molecule has 1 aromatic heterocycles. The van der Waals surface area contributed by atoms with E-state index in [0.29, 0.717) is 34.2 Å². The molecular weight excluding hydrogens is 318 g/mol. The third kappa shape index (κ3) is 2.76. The molecule has 2 N–H and O–H groups in total. The lowest BCUT2D eigenvalue weighted by molar-refractivity contribution is 0.401. The number of benzene rings is 1. The van der Waals surface area contributed by atoms with E-state index in [-0.39, 0.29) is 0 Å². The molecule has 1 heterocycles. The summed E-state index contributed by atoms with van der Waals surface area (Å²) in [5.41, 5.74) is 10.8. The number of fused-ring (bicyclic) bond motifs is 1. The van der Waals surface area contributed by atoms with Crippen LogP contribution in [0.1, 0.15) is 62.3 Å². The van der Waals surface area contributed by atoms with Gasteiger partial charge in [0.15, 0.2) is 0 Å². The number of rotatable bonds is 2. The van der Waals surface area contributed by atoms with Crippen LogP contribution in [0.15, 0.2) is 24.3 Å². The van der Waals surface area contributed by atoms with Gasteiger partial charge < -0.3 is 5.73 Å². The zero-order valence-corrected chi connectivity index (χ0v) is 15.1. The number of nitrogens with zero attached hydrogens (tertiary/aromatic N) is 2. The van der Waals surface area contributed by atoms with Crippen LogP contribution in [0.5, 0.6) is 0 Å². The number of pyridine rings is 1. The van der Waals surface area contributed by atoms with Crippen LogP contribution in [0, 0.1) is 17.2 Å². The highest BCUT2D eigenvalue weighted by atomic mass is 35.5. The highest BCUT2D eigenvalue weighted by molar-refractivity contribution is 6.30. The minimum Gasteiger partial charge on any atom is -0.383 e. The molecule has 2 atom stereocenters. The molecule has 0 bridgehead atoms. The number of nitrogen functional groups attached to an aromatic ring is 1. The van der Waals surface area contributed by atoms with Gasteiger partial charge in [-0.05, 0) is 47.9 Å². The lowest BCUT2D eigenvalue weighted by atomic mass is 9.72. The second kappa shape index (κ2) is 6.45. The average Bonchev–Trinajstić information content (AvgIpc) is 2.54. The quantitative estimate of drug-likeness (QED) is 0.786. The first-order valence-electron chi connectivity index (χ1n) is 8.43. The summed E-state index contributed by atoms with van der Waals surface area (Å²) < 4.78 is 0. The van der Waals surface area contributed by atoms with E-state index in [1.807, 2.05) is 24.3 Å². The molecule has 0 spiro atoms. The fourth-order valence-electron chi connectivity index (χ4n) is 3.81. The Hall–Kier alpha value is -2.05. The minimum atomic E-state index is 0.334. The normalized spacial score (nSPS) is 19.8. The van der Waals surface area contributed by atoms with E-state index in [1.54, 1.807) is 0 Å². The van der Waals surface area contributed by atoms with Gasteiger partial charge in [0.2, 0.25) is 0 Å². The van der Waals surface area contributed by atoms with Crippen LogP contribution in [-0.4, -0.2) is 4.98 Å². The molecule has 0 saturated carbocycles. The van der Waals surface area contributed by atoms with Crippen molar-refractivity contribution < 1.29 is 0 Å². The number of hydrogen-bond acceptors (Lipinski definition) is 3. The van der Waals surface area contributed by atoms with Gasteiger partial charge in [-0.25, -0.2) is 4.98 Å². The van der Waals surface area contributed by atoms with Gasteiger partial charge in [-0.3, -0.25) is 0 Å². The Morgan fingerprint density at radius 2 is 1.92 bits per heavy atom. The number of halogens is 1. The molecular formula is C20H22ClN3. The first-order valence-corrected chi connectivity index (χ1v) is 8.81. The molecule has 1 aromatic carbocycles. The van der Waals surface area contributed by atoms with Crippen LogP contribution in [-0.2, 0) is 0 Å². The number of nitrogens with two attached hydrogens (primary N) is 1. The predicted octanol–water partition coefficient (Wildman–Crippen LogP) is 5.49. The lowest BCUT2D eigenvalue weighted by Gasteiger charge is -2.33. The minimum absolute atomic E-state index is 0.334. The fraction of sp³-hybridized carbons (Fsp3) is 0.400. The monoisotopic (exact) mass is 339 g/mol. The molecule has 124 valence electrons. The van der Waals surface area contributed by atoms with Crippen molar-refractivity contribution in [3.05, 3.63) is 46.1 Å². The average molecular weight is 340 g/mol. The van der Waals surface area contributed by atoms with Gasteiger partial charge in [0.25, 0.3) is 0 Å². The molecule has 0 saturated heterocycles. The topological polar surface area (TPSA) is 62.7 Å². The van der Waals surface area contributed by atoms with E-state index in [0.717, 1.165) is 29.7 Å². The first kappa shape index (κ1) is 16.8. The lowest BCUT2D eigenvalue weighted by Crippen LogP contribution is -2.21. The summed E-state index contributed by atoms with van der Waals surface area (Å²) in [5.74, 6) is 1.58. The van der Waals surface area contributed by atoms with Gasteiger partial charge in [0.05, 0.1) is 5.69 Å². The molecule has 24 heavy (non-hydrogen) atoms. The Morgan fingerprint density at radius 3 is 2.50 bits per heavy atom. The Balaban J connectivity index is 2.34. The van der Waals surface area contributed by atoms with Gasteiger partial charge in [0, 0.05) is 16.5 Å². The van der Waals surface area contributed by atoms with E-state index < -0.39 is 0 Å². The number of nitriles is 1. The van der Waals surface area contributed by atoms with Crippen LogP contribution in [0.25, 0.3) is 11.1 Å². The van der Waals surface area contributed by atoms with Crippen molar-refractivity contribution in [1.29, 1.82) is 5.26 Å². The van der Waals surface area contributed by atoms with Crippen molar-refractivity contribution in [2.75, 3.05) is 5.73 Å². The number of anilines is 1. The van der Waals surface area contributed by atoms with Crippen molar-refractivity contribution in [1.82, 2.24) is 4.98 Å². The number of hydrogen-bond donors (Lipinski definition) is 1. The summed E-state index contributed by atoms with van der Waals surface area (Å²) in [6.45, 7) is 6.67. The molecule has 3 rings (SSSR count). The molecule has 0 amide bonds. The third-order valence-electron chi connectivity index (χ3n) is 5.10. The van der Waals surface area contributed by atoms with Crippen LogP contribution in [0.4, 0.5) is 5.82 Å². The SMILES string of the molecule is CC1CCC(C(C)C)c2nc(N)c(C#N)c(-c3ccc(Cl)cc3)c21. The summed E-state index contributed by atoms with van der Waals surface area (Å²) >= 11 is 6.04. The largest absolute Gasteiger partial charge is 0.383 e. The first-order chi connectivity index (χ1) is 11.4. The Morgan fingerprint density at radius 1 is 1.25 bits per heavy atom. The fourth-order valence-corrected chi connectivity index (χ4v) is 3.93. The second-order valence-corrected chi connectivity index (χ2v) is 7.43. The number of aromatic nitrogens is 1. The molecule has 1 aliphatic rings. The second-order valence-electron chi connectivity index (χ2n) is 6.99. The van der Waals surface area contributed by atoms with Crippen LogP contribution in [0.2, 0.25) is 5.02 Å². The third-order valence-corrected chi connectivity index (χ3v) is 5.35. The molecule has 0 fully saturated rings. The Bertz CT molecular complexity index is 803. The van der Waals surface area contributed by atoms with Gasteiger partial charge in [-0.15, -0.1) is 0 Å². The van der Waals surface area contributed by atoms with Crippen molar-refractivity contribution in [3.63, 3.8) is 0 Å². The van der Waals surface area contributed by atoms with Crippen molar-refractivity contribution in [2.45, 2.75) is 45.4 Å². The molecule has 3 nitrogen and oxygen atoms in total. The zero-order chi connectivity index (χ0) is 17.4. The molecule has 4 heteroatoms. The van der Waals surface area contributed by atoms with E-state index in [2.05, 4.69) is 31.8 Å². The van der Waals surface area contributed by atoms with E-state index >= 15 is 0 Å². The highest BCUT2D eigenvalue weighted by Crippen LogP contribution is 2.47. The standard InChI is InChI=1S/C20H22ClN3/c1-11(2)15-9-4-12(3)17-18(13-5-7-14(21)8-6-13)16(10-22)20(23)24-19(15)17/h5-8,11-12,15H,4,9H2,1-3H3,(H2,23,24). The summed E-state index contributed by atoms with van der Waals surface area (Å²) in [6, 6.07) is 9.91. The molecule has 0 aliphatic heterocycles. The molecule has 1 aliphatic carbocycles. The van der Waals surface area contributed by atoms with Crippen LogP contribution < -0.4 is 5.73 Å². The summed E-state index contributed by atoms with van der Waals surface area (Å²) in [7, 11) is 0. The van der Waals surface area contributed by atoms with Crippen LogP contribution in [0.3, 0.4) is 0 Å². The Labute approximate surface area is 148 Å². The molecule has 0 radical (unpaired) electrons. The predicted molar refractivity (Wildman–Crippen MR) is 99.0 cm³/mol. The van der Waals surface area contributed by atoms with Gasteiger partial charge in [0.1, 0.15) is 17.5 Å². The van der Waals surface area contributed by atoms with Crippen molar-refractivity contribution in [3.8, 4) is 17.2 Å². The maximum Gasteiger partial charge on any atom is 0.142 e. The molecule has 2 aromatic rings. The van der Waals surface area contributed by atoms with Gasteiger partial charge in [-0.2, -0.15) is 5.26 Å². The zero-order valence-electron chi connectivity index (χ0n) is 14.3. The highest BCUT2D eigenvalue weighted by Gasteiger charge is 2.33. The summed E-state index contributed by atoms with van der Waals surface area (Å²) in [6.07, 6.45) is 2.22. The van der Waals surface area contributed by atoms with E-state index in [1.165, 1.54) is 5.56 Å². The maximum absolute atomic E-state index is 9.68. The van der Waals surface area contributed by atoms with Crippen molar-refractivity contribution in [2.24, 2.45) is 5.92 Å². The smallest absolute Gasteiger partial charge is 0.142 e. The Kier molecular flexibility index (Phi) is 4.51. The van der Waals surface area contributed by atoms with Gasteiger partial charge in [-0.1, -0.05) is 44.5 Å². The maximum atomic E-state index is 9.68. The van der Waals surface area contributed by atoms with E-state index in [9.17, 15) is 5.26 Å².